The lowest BCUT2D eigenvalue weighted by molar-refractivity contribution is 0.102. The zero-order valence-corrected chi connectivity index (χ0v) is 19.2. The standard InChI is InChI=1S/C25H31N3O4/c1-5-18-9-11-19(12-10-18)17-28-23(13-14-26-28)27-25(29)20-15-21(30-6-2)24(32-8-4)22(16-20)31-7-3/h9-16H,5-8,17H2,1-4H3,(H,27,29). The third kappa shape index (κ3) is 5.60. The highest BCUT2D eigenvalue weighted by Crippen LogP contribution is 2.39. The van der Waals surface area contributed by atoms with Crippen LogP contribution in [0.3, 0.4) is 0 Å². The van der Waals surface area contributed by atoms with Gasteiger partial charge in [-0.25, -0.2) is 4.68 Å². The number of carbonyl (C=O) groups excluding carboxylic acids is 1. The van der Waals surface area contributed by atoms with E-state index >= 15 is 0 Å². The average molecular weight is 438 g/mol. The molecule has 0 aliphatic heterocycles. The van der Waals surface area contributed by atoms with E-state index in [2.05, 4.69) is 41.6 Å². The van der Waals surface area contributed by atoms with Gasteiger partial charge in [0.25, 0.3) is 5.91 Å². The SMILES string of the molecule is CCOc1cc(C(=O)Nc2ccnn2Cc2ccc(CC)cc2)cc(OCC)c1OCC. The van der Waals surface area contributed by atoms with Gasteiger partial charge in [-0.3, -0.25) is 4.79 Å². The second-order valence-electron chi connectivity index (χ2n) is 7.10. The molecule has 2 aromatic carbocycles. The molecule has 1 heterocycles. The van der Waals surface area contributed by atoms with Crippen molar-refractivity contribution in [2.75, 3.05) is 25.1 Å². The number of hydrogen-bond donors (Lipinski definition) is 1. The Morgan fingerprint density at radius 2 is 1.47 bits per heavy atom. The molecule has 0 radical (unpaired) electrons. The fourth-order valence-electron chi connectivity index (χ4n) is 3.33. The normalized spacial score (nSPS) is 10.6. The van der Waals surface area contributed by atoms with Crippen molar-refractivity contribution in [3.63, 3.8) is 0 Å². The van der Waals surface area contributed by atoms with Crippen molar-refractivity contribution in [3.8, 4) is 17.2 Å². The molecule has 0 saturated heterocycles. The van der Waals surface area contributed by atoms with Crippen LogP contribution in [-0.2, 0) is 13.0 Å². The average Bonchev–Trinajstić information content (AvgIpc) is 3.23. The maximum absolute atomic E-state index is 13.1. The van der Waals surface area contributed by atoms with Crippen molar-refractivity contribution in [2.45, 2.75) is 40.7 Å². The highest BCUT2D eigenvalue weighted by Gasteiger charge is 2.19. The number of rotatable bonds is 11. The number of nitrogens with zero attached hydrogens (tertiary/aromatic N) is 2. The predicted octanol–water partition coefficient (Wildman–Crippen LogP) is 4.94. The number of ether oxygens (including phenoxy) is 3. The quantitative estimate of drug-likeness (QED) is 0.460. The molecule has 0 aliphatic carbocycles. The van der Waals surface area contributed by atoms with E-state index in [9.17, 15) is 4.79 Å². The molecule has 0 bridgehead atoms. The largest absolute Gasteiger partial charge is 0.490 e. The lowest BCUT2D eigenvalue weighted by Gasteiger charge is -2.17. The van der Waals surface area contributed by atoms with Crippen LogP contribution in [0.15, 0.2) is 48.7 Å². The summed E-state index contributed by atoms with van der Waals surface area (Å²) < 4.78 is 18.9. The third-order valence-corrected chi connectivity index (χ3v) is 4.89. The monoisotopic (exact) mass is 437 g/mol. The minimum Gasteiger partial charge on any atom is -0.490 e. The summed E-state index contributed by atoms with van der Waals surface area (Å²) in [5.41, 5.74) is 2.81. The number of nitrogens with one attached hydrogen (secondary N) is 1. The van der Waals surface area contributed by atoms with Crippen molar-refractivity contribution in [1.29, 1.82) is 0 Å². The number of benzene rings is 2. The summed E-state index contributed by atoms with van der Waals surface area (Å²) >= 11 is 0. The van der Waals surface area contributed by atoms with E-state index in [1.807, 2.05) is 20.8 Å². The topological polar surface area (TPSA) is 74.6 Å². The number of anilines is 1. The van der Waals surface area contributed by atoms with E-state index in [0.29, 0.717) is 55.0 Å². The molecule has 0 unspecified atom stereocenters. The van der Waals surface area contributed by atoms with Crippen molar-refractivity contribution in [3.05, 3.63) is 65.4 Å². The zero-order chi connectivity index (χ0) is 22.9. The maximum atomic E-state index is 13.1. The molecule has 3 rings (SSSR count). The molecule has 0 fully saturated rings. The van der Waals surface area contributed by atoms with Gasteiger partial charge in [0.1, 0.15) is 5.82 Å². The number of carbonyl (C=O) groups is 1. The highest BCUT2D eigenvalue weighted by atomic mass is 16.5. The molecule has 3 aromatic rings. The number of aryl methyl sites for hydroxylation is 1. The number of aromatic nitrogens is 2. The van der Waals surface area contributed by atoms with Crippen LogP contribution in [0.2, 0.25) is 0 Å². The molecule has 0 spiro atoms. The number of hydrogen-bond acceptors (Lipinski definition) is 5. The van der Waals surface area contributed by atoms with Crippen LogP contribution in [-0.4, -0.2) is 35.5 Å². The van der Waals surface area contributed by atoms with Gasteiger partial charge in [0, 0.05) is 11.6 Å². The first kappa shape index (κ1) is 23.2. The van der Waals surface area contributed by atoms with Gasteiger partial charge in [-0.1, -0.05) is 31.2 Å². The van der Waals surface area contributed by atoms with Crippen LogP contribution in [0.25, 0.3) is 0 Å². The Kier molecular flexibility index (Phi) is 8.14. The lowest BCUT2D eigenvalue weighted by Crippen LogP contribution is -2.17. The molecule has 0 saturated carbocycles. The Morgan fingerprint density at radius 3 is 2.03 bits per heavy atom. The van der Waals surface area contributed by atoms with E-state index in [4.69, 9.17) is 14.2 Å². The molecular weight excluding hydrogens is 406 g/mol. The molecule has 1 amide bonds. The van der Waals surface area contributed by atoms with Crippen molar-refractivity contribution in [2.24, 2.45) is 0 Å². The fraction of sp³-hybridized carbons (Fsp3) is 0.360. The molecule has 170 valence electrons. The van der Waals surface area contributed by atoms with Crippen LogP contribution >= 0.6 is 0 Å². The van der Waals surface area contributed by atoms with E-state index in [1.165, 1.54) is 5.56 Å². The highest BCUT2D eigenvalue weighted by molar-refractivity contribution is 6.04. The summed E-state index contributed by atoms with van der Waals surface area (Å²) in [6.45, 7) is 9.70. The first-order valence-electron chi connectivity index (χ1n) is 11.1. The molecule has 1 aromatic heterocycles. The van der Waals surface area contributed by atoms with Crippen molar-refractivity contribution in [1.82, 2.24) is 9.78 Å². The van der Waals surface area contributed by atoms with Crippen LogP contribution < -0.4 is 19.5 Å². The molecule has 1 N–H and O–H groups in total. The van der Waals surface area contributed by atoms with Crippen molar-refractivity contribution < 1.29 is 19.0 Å². The van der Waals surface area contributed by atoms with Gasteiger partial charge in [0.05, 0.1) is 32.6 Å². The van der Waals surface area contributed by atoms with Gasteiger partial charge in [0.15, 0.2) is 11.5 Å². The predicted molar refractivity (Wildman–Crippen MR) is 125 cm³/mol. The molecule has 7 nitrogen and oxygen atoms in total. The van der Waals surface area contributed by atoms with Gasteiger partial charge in [0.2, 0.25) is 5.75 Å². The summed E-state index contributed by atoms with van der Waals surface area (Å²) in [6.07, 6.45) is 2.67. The maximum Gasteiger partial charge on any atom is 0.257 e. The molecule has 32 heavy (non-hydrogen) atoms. The zero-order valence-electron chi connectivity index (χ0n) is 19.2. The van der Waals surface area contributed by atoms with Gasteiger partial charge in [-0.2, -0.15) is 5.10 Å². The first-order chi connectivity index (χ1) is 15.6. The summed E-state index contributed by atoms with van der Waals surface area (Å²) in [6, 6.07) is 13.5. The minimum atomic E-state index is -0.280. The Morgan fingerprint density at radius 1 is 0.875 bits per heavy atom. The Hall–Kier alpha value is -3.48. The van der Waals surface area contributed by atoms with Crippen LogP contribution in [0.1, 0.15) is 49.2 Å². The van der Waals surface area contributed by atoms with E-state index < -0.39 is 0 Å². The van der Waals surface area contributed by atoms with Gasteiger partial charge >= 0.3 is 0 Å². The molecule has 7 heteroatoms. The van der Waals surface area contributed by atoms with Crippen LogP contribution in [0, 0.1) is 0 Å². The third-order valence-electron chi connectivity index (χ3n) is 4.89. The summed E-state index contributed by atoms with van der Waals surface area (Å²) in [7, 11) is 0. The minimum absolute atomic E-state index is 0.280. The lowest BCUT2D eigenvalue weighted by atomic mass is 10.1. The second-order valence-corrected chi connectivity index (χ2v) is 7.10. The Balaban J connectivity index is 1.83. The van der Waals surface area contributed by atoms with Crippen LogP contribution in [0.4, 0.5) is 5.82 Å². The number of amides is 1. The van der Waals surface area contributed by atoms with E-state index in [0.717, 1.165) is 12.0 Å². The summed E-state index contributed by atoms with van der Waals surface area (Å²) in [4.78, 5) is 13.1. The van der Waals surface area contributed by atoms with Crippen molar-refractivity contribution >= 4 is 11.7 Å². The van der Waals surface area contributed by atoms with E-state index in [-0.39, 0.29) is 5.91 Å². The molecule has 0 atom stereocenters. The first-order valence-corrected chi connectivity index (χ1v) is 11.1. The fourth-order valence-corrected chi connectivity index (χ4v) is 3.33. The molecular formula is C25H31N3O4. The van der Waals surface area contributed by atoms with Gasteiger partial charge in [-0.15, -0.1) is 0 Å². The Labute approximate surface area is 189 Å². The smallest absolute Gasteiger partial charge is 0.257 e. The summed E-state index contributed by atoms with van der Waals surface area (Å²) in [5, 5.41) is 7.32. The van der Waals surface area contributed by atoms with Gasteiger partial charge < -0.3 is 19.5 Å². The Bertz CT molecular complexity index is 1000. The van der Waals surface area contributed by atoms with Gasteiger partial charge in [-0.05, 0) is 50.5 Å². The second kappa shape index (κ2) is 11.2. The molecule has 0 aliphatic rings. The van der Waals surface area contributed by atoms with E-state index in [1.54, 1.807) is 29.1 Å². The summed E-state index contributed by atoms with van der Waals surface area (Å²) in [5.74, 6) is 1.80. The van der Waals surface area contributed by atoms with Crippen LogP contribution in [0.5, 0.6) is 17.2 Å².